The second-order valence-electron chi connectivity index (χ2n) is 4.63. The monoisotopic (exact) mass is 262 g/mol. The molecule has 1 aliphatic heterocycles. The summed E-state index contributed by atoms with van der Waals surface area (Å²) < 4.78 is 0.626. The van der Waals surface area contributed by atoms with Crippen molar-refractivity contribution in [3.63, 3.8) is 0 Å². The van der Waals surface area contributed by atoms with Crippen molar-refractivity contribution in [2.75, 3.05) is 0 Å². The van der Waals surface area contributed by atoms with Gasteiger partial charge in [0.05, 0.1) is 17.2 Å². The Balaban J connectivity index is 2.25. The van der Waals surface area contributed by atoms with E-state index >= 15 is 0 Å². The summed E-state index contributed by atoms with van der Waals surface area (Å²) in [6.07, 6.45) is 0. The van der Waals surface area contributed by atoms with Gasteiger partial charge in [0.15, 0.2) is 0 Å². The molecule has 0 saturated carbocycles. The van der Waals surface area contributed by atoms with E-state index in [0.717, 1.165) is 5.56 Å². The van der Waals surface area contributed by atoms with Crippen LogP contribution in [0.2, 0.25) is 0 Å². The van der Waals surface area contributed by atoms with Crippen LogP contribution >= 0.6 is 0 Å². The normalized spacial score (nSPS) is 13.3. The summed E-state index contributed by atoms with van der Waals surface area (Å²) in [5.74, 6) is -0.297. The van der Waals surface area contributed by atoms with Gasteiger partial charge in [-0.1, -0.05) is 18.2 Å². The summed E-state index contributed by atoms with van der Waals surface area (Å²) >= 11 is 0. The molecule has 4 nitrogen and oxygen atoms in total. The van der Waals surface area contributed by atoms with Crippen LogP contribution in [0.1, 0.15) is 27.0 Å². The Morgan fingerprint density at radius 3 is 2.60 bits per heavy atom. The van der Waals surface area contributed by atoms with Crippen LogP contribution in [0.4, 0.5) is 5.69 Å². The highest BCUT2D eigenvalue weighted by Crippen LogP contribution is 2.29. The van der Waals surface area contributed by atoms with Crippen molar-refractivity contribution in [1.82, 2.24) is 0 Å². The third kappa shape index (κ3) is 1.61. The van der Waals surface area contributed by atoms with Crippen LogP contribution in [-0.4, -0.2) is 16.2 Å². The fraction of sp³-hybridized carbons (Fsp3) is 0.0625. The minimum Gasteiger partial charge on any atom is -0.618 e. The van der Waals surface area contributed by atoms with Gasteiger partial charge in [0.25, 0.3) is 11.5 Å². The van der Waals surface area contributed by atoms with Crippen LogP contribution in [-0.2, 0) is 0 Å². The first-order chi connectivity index (χ1) is 9.63. The molecule has 1 aliphatic rings. The number of hydrogen-bond acceptors (Lipinski definition) is 3. The van der Waals surface area contributed by atoms with E-state index in [0.29, 0.717) is 21.4 Å². The van der Waals surface area contributed by atoms with Crippen LogP contribution < -0.4 is 0 Å². The Morgan fingerprint density at radius 1 is 1.15 bits per heavy atom. The van der Waals surface area contributed by atoms with E-state index in [2.05, 4.69) is 0 Å². The maximum atomic E-state index is 12.4. The van der Waals surface area contributed by atoms with E-state index in [1.165, 1.54) is 12.1 Å². The second-order valence-corrected chi connectivity index (χ2v) is 4.63. The number of carbonyl (C=O) groups is 1. The van der Waals surface area contributed by atoms with Gasteiger partial charge in [0.1, 0.15) is 5.56 Å². The Bertz CT molecular complexity index is 813. The lowest BCUT2D eigenvalue weighted by Crippen LogP contribution is -2.17. The molecule has 0 saturated heterocycles. The number of Topliss-reactive ketones (excluding diaryl/α,β-unsaturated/α-hetero) is 1. The van der Waals surface area contributed by atoms with Crippen LogP contribution in [0.3, 0.4) is 0 Å². The van der Waals surface area contributed by atoms with E-state index in [-0.39, 0.29) is 17.2 Å². The average molecular weight is 262 g/mol. The molecule has 0 radical (unpaired) electrons. The largest absolute Gasteiger partial charge is 0.618 e. The average Bonchev–Trinajstić information content (AvgIpc) is 2.71. The molecular weight excluding hydrogens is 252 g/mol. The number of carbonyl (C=O) groups excluding carboxylic acids is 1. The Kier molecular flexibility index (Phi) is 2.62. The number of benzene rings is 2. The van der Waals surface area contributed by atoms with Crippen LogP contribution in [0.5, 0.6) is 0 Å². The topological polar surface area (TPSA) is 66.9 Å². The van der Waals surface area contributed by atoms with Gasteiger partial charge in [-0.05, 0) is 30.7 Å². The minimum atomic E-state index is -0.297. The second kappa shape index (κ2) is 4.32. The number of ketones is 1. The molecule has 96 valence electrons. The molecule has 0 spiro atoms. The van der Waals surface area contributed by atoms with Gasteiger partial charge in [0.2, 0.25) is 5.69 Å². The molecule has 2 aromatic carbocycles. The molecule has 0 atom stereocenters. The molecule has 0 aromatic heterocycles. The van der Waals surface area contributed by atoms with Gasteiger partial charge >= 0.3 is 0 Å². The Hall–Kier alpha value is -2.93. The van der Waals surface area contributed by atoms with Crippen LogP contribution in [0, 0.1) is 23.5 Å². The number of fused-ring (bicyclic) bond motifs is 1. The fourth-order valence-corrected chi connectivity index (χ4v) is 2.37. The number of aryl methyl sites for hydroxylation is 1. The molecule has 0 fully saturated rings. The van der Waals surface area contributed by atoms with E-state index in [1.54, 1.807) is 18.2 Å². The van der Waals surface area contributed by atoms with E-state index in [1.807, 2.05) is 25.1 Å². The molecule has 0 bridgehead atoms. The number of nitriles is 1. The zero-order valence-electron chi connectivity index (χ0n) is 10.8. The van der Waals surface area contributed by atoms with Crippen molar-refractivity contribution in [3.05, 3.63) is 69.9 Å². The third-order valence-electron chi connectivity index (χ3n) is 3.41. The summed E-state index contributed by atoms with van der Waals surface area (Å²) in [4.78, 5) is 12.4. The van der Waals surface area contributed by atoms with Crippen molar-refractivity contribution >= 4 is 17.2 Å². The van der Waals surface area contributed by atoms with Crippen molar-refractivity contribution in [2.24, 2.45) is 0 Å². The van der Waals surface area contributed by atoms with Crippen molar-refractivity contribution in [3.8, 4) is 6.07 Å². The first-order valence-corrected chi connectivity index (χ1v) is 6.12. The molecule has 0 amide bonds. The maximum absolute atomic E-state index is 12.4. The zero-order chi connectivity index (χ0) is 14.3. The summed E-state index contributed by atoms with van der Waals surface area (Å²) in [5, 5.41) is 21.3. The molecule has 0 aliphatic carbocycles. The predicted octanol–water partition coefficient (Wildman–Crippen LogP) is 2.69. The number of rotatable bonds is 1. The van der Waals surface area contributed by atoms with E-state index in [9.17, 15) is 10.0 Å². The van der Waals surface area contributed by atoms with Crippen LogP contribution in [0.15, 0.2) is 42.5 Å². The highest BCUT2D eigenvalue weighted by Gasteiger charge is 2.37. The van der Waals surface area contributed by atoms with Crippen molar-refractivity contribution in [1.29, 1.82) is 5.26 Å². The summed E-state index contributed by atoms with van der Waals surface area (Å²) in [6.45, 7) is 1.85. The first-order valence-electron chi connectivity index (χ1n) is 6.12. The minimum absolute atomic E-state index is 0.119. The molecule has 0 N–H and O–H groups in total. The molecule has 20 heavy (non-hydrogen) atoms. The molecular formula is C16H10N2O2. The Labute approximate surface area is 115 Å². The molecule has 2 aromatic rings. The quantitative estimate of drug-likeness (QED) is 0.586. The summed E-state index contributed by atoms with van der Waals surface area (Å²) in [7, 11) is 0. The van der Waals surface area contributed by atoms with E-state index < -0.39 is 0 Å². The van der Waals surface area contributed by atoms with E-state index in [4.69, 9.17) is 5.26 Å². The lowest BCUT2D eigenvalue weighted by Gasteiger charge is -2.04. The maximum Gasteiger partial charge on any atom is 0.273 e. The highest BCUT2D eigenvalue weighted by molar-refractivity contribution is 6.52. The fourth-order valence-electron chi connectivity index (χ4n) is 2.37. The lowest BCUT2D eigenvalue weighted by molar-refractivity contribution is -0.355. The van der Waals surface area contributed by atoms with Gasteiger partial charge in [-0.3, -0.25) is 4.79 Å². The molecule has 3 rings (SSSR count). The standard InChI is InChI=1S/C16H10N2O2/c1-10-4-2-3-5-12(10)15-16(19)13-7-6-11(9-17)8-14(13)18(15)20/h2-8H,1H3. The predicted molar refractivity (Wildman–Crippen MR) is 74.1 cm³/mol. The summed E-state index contributed by atoms with van der Waals surface area (Å²) in [5.41, 5.74) is 2.56. The van der Waals surface area contributed by atoms with Gasteiger partial charge < -0.3 is 5.21 Å². The van der Waals surface area contributed by atoms with Gasteiger partial charge in [-0.2, -0.15) is 10.0 Å². The number of hydrogen-bond donors (Lipinski definition) is 0. The van der Waals surface area contributed by atoms with Crippen molar-refractivity contribution < 1.29 is 9.53 Å². The summed E-state index contributed by atoms with van der Waals surface area (Å²) in [6, 6.07) is 13.8. The Morgan fingerprint density at radius 2 is 1.90 bits per heavy atom. The lowest BCUT2D eigenvalue weighted by atomic mass is 9.99. The third-order valence-corrected chi connectivity index (χ3v) is 3.41. The molecule has 1 heterocycles. The first kappa shape index (κ1) is 12.1. The smallest absolute Gasteiger partial charge is 0.273 e. The van der Waals surface area contributed by atoms with Gasteiger partial charge in [-0.25, -0.2) is 0 Å². The zero-order valence-corrected chi connectivity index (χ0v) is 10.8. The van der Waals surface area contributed by atoms with Crippen LogP contribution in [0.25, 0.3) is 0 Å². The molecule has 0 unspecified atom stereocenters. The SMILES string of the molecule is Cc1ccccc1C1=[N+]([O-])c2cc(C#N)ccc2C1=O. The van der Waals surface area contributed by atoms with Crippen molar-refractivity contribution in [2.45, 2.75) is 6.92 Å². The highest BCUT2D eigenvalue weighted by atomic mass is 16.5. The van der Waals surface area contributed by atoms with Gasteiger partial charge in [0, 0.05) is 6.07 Å². The molecule has 4 heteroatoms. The van der Waals surface area contributed by atoms with Gasteiger partial charge in [-0.15, -0.1) is 0 Å². The number of nitrogens with zero attached hydrogens (tertiary/aromatic N) is 2.